The van der Waals surface area contributed by atoms with Gasteiger partial charge in [0.25, 0.3) is 11.5 Å². The van der Waals surface area contributed by atoms with E-state index in [0.717, 1.165) is 11.3 Å². The molecule has 1 N–H and O–H groups in total. The Labute approximate surface area is 173 Å². The number of aromatic nitrogens is 4. The van der Waals surface area contributed by atoms with Gasteiger partial charge in [-0.2, -0.15) is 0 Å². The summed E-state index contributed by atoms with van der Waals surface area (Å²) in [5.74, 6) is 0.438. The van der Waals surface area contributed by atoms with E-state index in [4.69, 9.17) is 0 Å². The van der Waals surface area contributed by atoms with Crippen LogP contribution < -0.4 is 10.9 Å². The van der Waals surface area contributed by atoms with Gasteiger partial charge in [-0.3, -0.25) is 9.59 Å². The third-order valence-electron chi connectivity index (χ3n) is 4.88. The van der Waals surface area contributed by atoms with E-state index < -0.39 is 0 Å². The summed E-state index contributed by atoms with van der Waals surface area (Å²) in [5.41, 5.74) is 4.45. The molecule has 4 rings (SSSR count). The number of nitrogens with zero attached hydrogens (tertiary/aromatic N) is 4. The number of hydrogen-bond donors (Lipinski definition) is 1. The van der Waals surface area contributed by atoms with Crippen molar-refractivity contribution >= 4 is 22.6 Å². The van der Waals surface area contributed by atoms with Crippen LogP contribution in [0.2, 0.25) is 0 Å². The van der Waals surface area contributed by atoms with Crippen LogP contribution >= 0.6 is 0 Å². The molecule has 0 saturated carbocycles. The number of carbonyl (C=O) groups is 1. The summed E-state index contributed by atoms with van der Waals surface area (Å²) in [4.78, 5) is 38.0. The zero-order valence-corrected chi connectivity index (χ0v) is 17.0. The molecular weight excluding hydrogens is 378 g/mol. The fourth-order valence-electron chi connectivity index (χ4n) is 3.41. The molecule has 1 amide bonds. The minimum absolute atomic E-state index is 0.112. The summed E-state index contributed by atoms with van der Waals surface area (Å²) >= 11 is 0. The minimum Gasteiger partial charge on any atom is -0.322 e. The SMILES string of the molecule is CCn1c(=O)c(C)nc2cc(C(=O)Nc3cccc(-c4ccnc(C)n4)c3)ccc21. The topological polar surface area (TPSA) is 89.8 Å². The number of benzene rings is 2. The Balaban J connectivity index is 1.64. The normalized spacial score (nSPS) is 10.9. The maximum Gasteiger partial charge on any atom is 0.272 e. The summed E-state index contributed by atoms with van der Waals surface area (Å²) in [5, 5.41) is 2.92. The fourth-order valence-corrected chi connectivity index (χ4v) is 3.41. The summed E-state index contributed by atoms with van der Waals surface area (Å²) in [7, 11) is 0. The summed E-state index contributed by atoms with van der Waals surface area (Å²) in [6.45, 7) is 5.97. The lowest BCUT2D eigenvalue weighted by Crippen LogP contribution is -2.23. The van der Waals surface area contributed by atoms with Crippen molar-refractivity contribution in [2.24, 2.45) is 0 Å². The van der Waals surface area contributed by atoms with Gasteiger partial charge in [-0.15, -0.1) is 0 Å². The predicted octanol–water partition coefficient (Wildman–Crippen LogP) is 3.74. The number of rotatable bonds is 4. The number of fused-ring (bicyclic) bond motifs is 1. The first kappa shape index (κ1) is 19.4. The number of aryl methyl sites for hydroxylation is 3. The van der Waals surface area contributed by atoms with E-state index in [1.807, 2.05) is 44.2 Å². The molecule has 0 radical (unpaired) electrons. The molecule has 30 heavy (non-hydrogen) atoms. The van der Waals surface area contributed by atoms with Gasteiger partial charge in [-0.25, -0.2) is 15.0 Å². The third kappa shape index (κ3) is 3.69. The monoisotopic (exact) mass is 399 g/mol. The highest BCUT2D eigenvalue weighted by atomic mass is 16.1. The molecule has 2 aromatic carbocycles. The van der Waals surface area contributed by atoms with Crippen molar-refractivity contribution < 1.29 is 4.79 Å². The van der Waals surface area contributed by atoms with E-state index in [9.17, 15) is 9.59 Å². The number of anilines is 1. The van der Waals surface area contributed by atoms with E-state index in [2.05, 4.69) is 20.3 Å². The van der Waals surface area contributed by atoms with Crippen molar-refractivity contribution in [1.82, 2.24) is 19.5 Å². The number of amides is 1. The van der Waals surface area contributed by atoms with Gasteiger partial charge in [-0.05, 0) is 57.2 Å². The minimum atomic E-state index is -0.249. The van der Waals surface area contributed by atoms with Gasteiger partial charge < -0.3 is 9.88 Å². The van der Waals surface area contributed by atoms with Gasteiger partial charge in [0.05, 0.1) is 16.7 Å². The van der Waals surface area contributed by atoms with E-state index in [1.165, 1.54) is 0 Å². The van der Waals surface area contributed by atoms with Crippen LogP contribution in [-0.4, -0.2) is 25.4 Å². The van der Waals surface area contributed by atoms with Crippen LogP contribution in [0.3, 0.4) is 0 Å². The largest absolute Gasteiger partial charge is 0.322 e. The summed E-state index contributed by atoms with van der Waals surface area (Å²) < 4.78 is 1.66. The molecule has 150 valence electrons. The first-order valence-corrected chi connectivity index (χ1v) is 9.69. The molecule has 7 heteroatoms. The second kappa shape index (κ2) is 7.87. The standard InChI is InChI=1S/C23H21N5O2/c1-4-28-21-9-8-17(13-20(21)25-14(2)23(28)30)22(29)27-18-7-5-6-16(12-18)19-10-11-24-15(3)26-19/h5-13H,4H2,1-3H3,(H,27,29). The lowest BCUT2D eigenvalue weighted by atomic mass is 10.1. The van der Waals surface area contributed by atoms with Crippen molar-refractivity contribution in [2.75, 3.05) is 5.32 Å². The zero-order valence-electron chi connectivity index (χ0n) is 17.0. The first-order chi connectivity index (χ1) is 14.5. The third-order valence-corrected chi connectivity index (χ3v) is 4.88. The van der Waals surface area contributed by atoms with Crippen molar-refractivity contribution in [1.29, 1.82) is 0 Å². The van der Waals surface area contributed by atoms with Crippen molar-refractivity contribution in [3.8, 4) is 11.3 Å². The highest BCUT2D eigenvalue weighted by Crippen LogP contribution is 2.22. The van der Waals surface area contributed by atoms with E-state index in [-0.39, 0.29) is 11.5 Å². The van der Waals surface area contributed by atoms with E-state index in [0.29, 0.717) is 40.3 Å². The molecule has 0 saturated heterocycles. The Kier molecular flexibility index (Phi) is 5.10. The predicted molar refractivity (Wildman–Crippen MR) is 117 cm³/mol. The Morgan fingerprint density at radius 3 is 2.67 bits per heavy atom. The quantitative estimate of drug-likeness (QED) is 0.565. The lowest BCUT2D eigenvalue weighted by Gasteiger charge is -2.11. The van der Waals surface area contributed by atoms with Crippen LogP contribution in [0.1, 0.15) is 28.8 Å². The molecule has 0 bridgehead atoms. The number of nitrogens with one attached hydrogen (secondary N) is 1. The van der Waals surface area contributed by atoms with Gasteiger partial charge >= 0.3 is 0 Å². The highest BCUT2D eigenvalue weighted by molar-refractivity contribution is 6.06. The van der Waals surface area contributed by atoms with Gasteiger partial charge in [-0.1, -0.05) is 12.1 Å². The molecule has 0 aliphatic carbocycles. The zero-order chi connectivity index (χ0) is 21.3. The van der Waals surface area contributed by atoms with Crippen LogP contribution in [0.25, 0.3) is 22.3 Å². The van der Waals surface area contributed by atoms with Crippen LogP contribution in [0.15, 0.2) is 59.5 Å². The molecule has 0 atom stereocenters. The molecule has 0 spiro atoms. The lowest BCUT2D eigenvalue weighted by molar-refractivity contribution is 0.102. The van der Waals surface area contributed by atoms with Crippen molar-refractivity contribution in [3.05, 3.63) is 82.2 Å². The average Bonchev–Trinajstić information content (AvgIpc) is 2.74. The molecule has 2 aromatic heterocycles. The number of hydrogen-bond acceptors (Lipinski definition) is 5. The van der Waals surface area contributed by atoms with Gasteiger partial charge in [0.2, 0.25) is 0 Å². The fraction of sp³-hybridized carbons (Fsp3) is 0.174. The van der Waals surface area contributed by atoms with Gasteiger partial charge in [0.15, 0.2) is 0 Å². The molecular formula is C23H21N5O2. The van der Waals surface area contributed by atoms with E-state index in [1.54, 1.807) is 35.9 Å². The molecule has 0 unspecified atom stereocenters. The Morgan fingerprint density at radius 2 is 1.90 bits per heavy atom. The first-order valence-electron chi connectivity index (χ1n) is 9.69. The molecule has 0 aliphatic heterocycles. The Bertz CT molecular complexity index is 1330. The molecule has 4 aromatic rings. The van der Waals surface area contributed by atoms with E-state index >= 15 is 0 Å². The molecule has 7 nitrogen and oxygen atoms in total. The van der Waals surface area contributed by atoms with Crippen LogP contribution in [-0.2, 0) is 6.54 Å². The number of carbonyl (C=O) groups excluding carboxylic acids is 1. The van der Waals surface area contributed by atoms with Crippen molar-refractivity contribution in [2.45, 2.75) is 27.3 Å². The maximum absolute atomic E-state index is 12.8. The second-order valence-corrected chi connectivity index (χ2v) is 6.97. The Hall–Kier alpha value is -3.87. The molecule has 0 fully saturated rings. The van der Waals surface area contributed by atoms with Gasteiger partial charge in [0.1, 0.15) is 11.5 Å². The summed E-state index contributed by atoms with van der Waals surface area (Å²) in [6, 6.07) is 14.5. The smallest absolute Gasteiger partial charge is 0.272 e. The molecule has 0 aliphatic rings. The molecule has 2 heterocycles. The van der Waals surface area contributed by atoms with Crippen LogP contribution in [0.5, 0.6) is 0 Å². The average molecular weight is 399 g/mol. The maximum atomic E-state index is 12.8. The second-order valence-electron chi connectivity index (χ2n) is 6.97. The van der Waals surface area contributed by atoms with Crippen LogP contribution in [0.4, 0.5) is 5.69 Å². The van der Waals surface area contributed by atoms with Crippen molar-refractivity contribution in [3.63, 3.8) is 0 Å². The Morgan fingerprint density at radius 1 is 1.07 bits per heavy atom. The van der Waals surface area contributed by atoms with Crippen LogP contribution in [0, 0.1) is 13.8 Å². The summed E-state index contributed by atoms with van der Waals surface area (Å²) in [6.07, 6.45) is 1.71. The van der Waals surface area contributed by atoms with Gasteiger partial charge in [0, 0.05) is 29.6 Å². The highest BCUT2D eigenvalue weighted by Gasteiger charge is 2.12.